The third-order valence-corrected chi connectivity index (χ3v) is 4.68. The lowest BCUT2D eigenvalue weighted by Crippen LogP contribution is -2.50. The Morgan fingerprint density at radius 3 is 2.91 bits per heavy atom. The molecule has 0 spiro atoms. The number of aliphatic hydroxyl groups excluding tert-OH is 1. The van der Waals surface area contributed by atoms with Crippen molar-refractivity contribution < 1.29 is 9.90 Å². The SMILES string of the molecule is O=C(NCC(CO)c1ccccc1)C1NNC2CCNCC21. The first kappa shape index (κ1) is 15.4. The van der Waals surface area contributed by atoms with Crippen LogP contribution >= 0.6 is 0 Å². The van der Waals surface area contributed by atoms with Gasteiger partial charge in [-0.15, -0.1) is 0 Å². The van der Waals surface area contributed by atoms with Crippen LogP contribution in [0.15, 0.2) is 30.3 Å². The fraction of sp³-hybridized carbons (Fsp3) is 0.562. The first-order valence-corrected chi connectivity index (χ1v) is 7.95. The van der Waals surface area contributed by atoms with Gasteiger partial charge in [0.15, 0.2) is 0 Å². The lowest BCUT2D eigenvalue weighted by Gasteiger charge is -2.27. The Labute approximate surface area is 130 Å². The highest BCUT2D eigenvalue weighted by atomic mass is 16.3. The lowest BCUT2D eigenvalue weighted by atomic mass is 9.89. The number of amides is 1. The highest BCUT2D eigenvalue weighted by Gasteiger charge is 2.41. The smallest absolute Gasteiger partial charge is 0.238 e. The zero-order valence-corrected chi connectivity index (χ0v) is 12.6. The highest BCUT2D eigenvalue weighted by Crippen LogP contribution is 2.20. The fourth-order valence-electron chi connectivity index (χ4n) is 3.32. The number of hydrazine groups is 1. The summed E-state index contributed by atoms with van der Waals surface area (Å²) in [5.41, 5.74) is 7.38. The van der Waals surface area contributed by atoms with Crippen LogP contribution in [0.1, 0.15) is 17.9 Å². The summed E-state index contributed by atoms with van der Waals surface area (Å²) in [6.45, 7) is 2.31. The summed E-state index contributed by atoms with van der Waals surface area (Å²) in [6, 6.07) is 9.93. The minimum Gasteiger partial charge on any atom is -0.396 e. The average molecular weight is 304 g/mol. The highest BCUT2D eigenvalue weighted by molar-refractivity contribution is 5.82. The van der Waals surface area contributed by atoms with E-state index in [1.807, 2.05) is 30.3 Å². The Morgan fingerprint density at radius 2 is 2.14 bits per heavy atom. The van der Waals surface area contributed by atoms with E-state index in [0.717, 1.165) is 25.1 Å². The van der Waals surface area contributed by atoms with Crippen LogP contribution in [-0.4, -0.2) is 49.3 Å². The molecule has 2 fully saturated rings. The second-order valence-electron chi connectivity index (χ2n) is 6.06. The van der Waals surface area contributed by atoms with E-state index >= 15 is 0 Å². The number of piperidine rings is 1. The van der Waals surface area contributed by atoms with Gasteiger partial charge in [-0.25, -0.2) is 5.43 Å². The molecule has 4 atom stereocenters. The van der Waals surface area contributed by atoms with Crippen molar-refractivity contribution in [2.45, 2.75) is 24.4 Å². The molecule has 2 aliphatic rings. The summed E-state index contributed by atoms with van der Waals surface area (Å²) >= 11 is 0. The van der Waals surface area contributed by atoms with E-state index in [0.29, 0.717) is 12.6 Å². The molecule has 22 heavy (non-hydrogen) atoms. The standard InChI is InChI=1S/C16H24N4O2/c21-10-12(11-4-2-1-3-5-11)8-18-16(22)15-13-9-17-7-6-14(13)19-20-15/h1-5,12-15,17,19-21H,6-10H2,(H,18,22). The fourth-order valence-corrected chi connectivity index (χ4v) is 3.32. The van der Waals surface area contributed by atoms with Crippen LogP contribution in [0, 0.1) is 5.92 Å². The Morgan fingerprint density at radius 1 is 1.32 bits per heavy atom. The molecule has 6 heteroatoms. The number of rotatable bonds is 5. The number of hydrogen-bond acceptors (Lipinski definition) is 5. The summed E-state index contributed by atoms with van der Waals surface area (Å²) in [6.07, 6.45) is 1.03. The molecule has 6 nitrogen and oxygen atoms in total. The number of carbonyl (C=O) groups excluding carboxylic acids is 1. The molecular formula is C16H24N4O2. The zero-order chi connectivity index (χ0) is 15.4. The van der Waals surface area contributed by atoms with Crippen molar-refractivity contribution in [2.24, 2.45) is 5.92 Å². The minimum atomic E-state index is -0.215. The molecule has 0 aliphatic carbocycles. The van der Waals surface area contributed by atoms with Crippen LogP contribution in [0.4, 0.5) is 0 Å². The average Bonchev–Trinajstić information content (AvgIpc) is 3.00. The quantitative estimate of drug-likeness (QED) is 0.498. The molecule has 120 valence electrons. The molecule has 0 radical (unpaired) electrons. The molecule has 1 aromatic carbocycles. The van der Waals surface area contributed by atoms with Crippen molar-refractivity contribution in [3.8, 4) is 0 Å². The first-order valence-electron chi connectivity index (χ1n) is 7.95. The molecule has 0 saturated carbocycles. The van der Waals surface area contributed by atoms with Crippen LogP contribution in [0.2, 0.25) is 0 Å². The van der Waals surface area contributed by atoms with Crippen molar-refractivity contribution in [1.82, 2.24) is 21.5 Å². The van der Waals surface area contributed by atoms with Gasteiger partial charge in [0.2, 0.25) is 5.91 Å². The van der Waals surface area contributed by atoms with Crippen molar-refractivity contribution in [3.05, 3.63) is 35.9 Å². The van der Waals surface area contributed by atoms with Crippen molar-refractivity contribution in [1.29, 1.82) is 0 Å². The second kappa shape index (κ2) is 7.19. The Hall–Kier alpha value is -1.47. The maximum atomic E-state index is 12.4. The molecule has 0 aromatic heterocycles. The van der Waals surface area contributed by atoms with Gasteiger partial charge in [0.1, 0.15) is 6.04 Å². The third kappa shape index (κ3) is 3.30. The largest absolute Gasteiger partial charge is 0.396 e. The summed E-state index contributed by atoms with van der Waals surface area (Å²) in [5.74, 6) is 0.205. The summed E-state index contributed by atoms with van der Waals surface area (Å²) in [7, 11) is 0. The lowest BCUT2D eigenvalue weighted by molar-refractivity contribution is -0.124. The van der Waals surface area contributed by atoms with Gasteiger partial charge >= 0.3 is 0 Å². The molecule has 1 amide bonds. The van der Waals surface area contributed by atoms with Gasteiger partial charge in [0, 0.05) is 31.0 Å². The third-order valence-electron chi connectivity index (χ3n) is 4.68. The van der Waals surface area contributed by atoms with Gasteiger partial charge in [-0.05, 0) is 18.5 Å². The molecule has 3 rings (SSSR count). The van der Waals surface area contributed by atoms with Gasteiger partial charge in [0.05, 0.1) is 6.61 Å². The van der Waals surface area contributed by atoms with Crippen LogP contribution in [-0.2, 0) is 4.79 Å². The minimum absolute atomic E-state index is 0.00178. The predicted octanol–water partition coefficient (Wildman–Crippen LogP) is -0.667. The second-order valence-corrected chi connectivity index (χ2v) is 6.06. The van der Waals surface area contributed by atoms with Crippen LogP contribution in [0.3, 0.4) is 0 Å². The normalized spacial score (nSPS) is 28.9. The number of hydrogen-bond donors (Lipinski definition) is 5. The summed E-state index contributed by atoms with van der Waals surface area (Å²) < 4.78 is 0. The summed E-state index contributed by atoms with van der Waals surface area (Å²) in [4.78, 5) is 12.4. The molecule has 2 heterocycles. The predicted molar refractivity (Wildman–Crippen MR) is 84.1 cm³/mol. The van der Waals surface area contributed by atoms with Crippen molar-refractivity contribution in [3.63, 3.8) is 0 Å². The van der Waals surface area contributed by atoms with E-state index in [9.17, 15) is 9.90 Å². The number of fused-ring (bicyclic) bond motifs is 1. The van der Waals surface area contributed by atoms with E-state index in [-0.39, 0.29) is 30.4 Å². The molecule has 5 N–H and O–H groups in total. The van der Waals surface area contributed by atoms with E-state index < -0.39 is 0 Å². The monoisotopic (exact) mass is 304 g/mol. The van der Waals surface area contributed by atoms with Gasteiger partial charge in [-0.1, -0.05) is 30.3 Å². The van der Waals surface area contributed by atoms with Gasteiger partial charge < -0.3 is 15.7 Å². The topological polar surface area (TPSA) is 85.4 Å². The van der Waals surface area contributed by atoms with Crippen LogP contribution < -0.4 is 21.5 Å². The number of carbonyl (C=O) groups is 1. The van der Waals surface area contributed by atoms with E-state index in [2.05, 4.69) is 21.5 Å². The van der Waals surface area contributed by atoms with Gasteiger partial charge in [-0.3, -0.25) is 10.2 Å². The Kier molecular flexibility index (Phi) is 5.04. The van der Waals surface area contributed by atoms with Crippen molar-refractivity contribution >= 4 is 5.91 Å². The number of benzene rings is 1. The first-order chi connectivity index (χ1) is 10.8. The number of aliphatic hydroxyl groups is 1. The Balaban J connectivity index is 1.55. The molecule has 2 aliphatic heterocycles. The molecule has 1 aromatic rings. The molecular weight excluding hydrogens is 280 g/mol. The summed E-state index contributed by atoms with van der Waals surface area (Å²) in [5, 5.41) is 15.9. The molecule has 2 saturated heterocycles. The van der Waals surface area contributed by atoms with Crippen LogP contribution in [0.5, 0.6) is 0 Å². The van der Waals surface area contributed by atoms with Gasteiger partial charge in [0.25, 0.3) is 0 Å². The zero-order valence-electron chi connectivity index (χ0n) is 12.6. The van der Waals surface area contributed by atoms with Crippen LogP contribution in [0.25, 0.3) is 0 Å². The molecule has 4 unspecified atom stereocenters. The van der Waals surface area contributed by atoms with Crippen molar-refractivity contribution in [2.75, 3.05) is 26.2 Å². The van der Waals surface area contributed by atoms with E-state index in [4.69, 9.17) is 0 Å². The maximum absolute atomic E-state index is 12.4. The van der Waals surface area contributed by atoms with E-state index in [1.165, 1.54) is 0 Å². The number of nitrogens with one attached hydrogen (secondary N) is 4. The Bertz CT molecular complexity index is 496. The maximum Gasteiger partial charge on any atom is 0.238 e. The van der Waals surface area contributed by atoms with Gasteiger partial charge in [-0.2, -0.15) is 0 Å². The molecule has 0 bridgehead atoms. The van der Waals surface area contributed by atoms with E-state index in [1.54, 1.807) is 0 Å².